The third kappa shape index (κ3) is 2.99. The lowest BCUT2D eigenvalue weighted by molar-refractivity contribution is -0.129. The van der Waals surface area contributed by atoms with Crippen molar-refractivity contribution in [2.75, 3.05) is 13.1 Å². The predicted octanol–water partition coefficient (Wildman–Crippen LogP) is 0.322. The van der Waals surface area contributed by atoms with Crippen LogP contribution in [0.25, 0.3) is 0 Å². The topological polar surface area (TPSA) is 89.4 Å². The molecule has 0 radical (unpaired) electrons. The van der Waals surface area contributed by atoms with E-state index in [0.717, 1.165) is 0 Å². The fourth-order valence-corrected chi connectivity index (χ4v) is 2.86. The first-order valence-electron chi connectivity index (χ1n) is 6.75. The zero-order chi connectivity index (χ0) is 14.9. The third-order valence-corrected chi connectivity index (χ3v) is 4.02. The smallest absolute Gasteiger partial charge is 0.222 e. The first-order chi connectivity index (χ1) is 9.38. The quantitative estimate of drug-likeness (QED) is 0.829. The summed E-state index contributed by atoms with van der Waals surface area (Å²) in [7, 11) is 0. The maximum Gasteiger partial charge on any atom is 0.222 e. The van der Waals surface area contributed by atoms with Gasteiger partial charge in [0, 0.05) is 19.6 Å². The van der Waals surface area contributed by atoms with Crippen LogP contribution in [0.15, 0.2) is 18.2 Å². The molecule has 1 aliphatic rings. The van der Waals surface area contributed by atoms with E-state index < -0.39 is 23.7 Å². The van der Waals surface area contributed by atoms with Crippen molar-refractivity contribution < 1.29 is 9.59 Å². The maximum absolute atomic E-state index is 11.4. The number of nitrogens with two attached hydrogens (primary N) is 2. The Kier molecular flexibility index (Phi) is 4.09. The Hall–Kier alpha value is -1.88. The van der Waals surface area contributed by atoms with Crippen molar-refractivity contribution >= 4 is 11.8 Å². The zero-order valence-corrected chi connectivity index (χ0v) is 11.9. The minimum atomic E-state index is -0.474. The van der Waals surface area contributed by atoms with Gasteiger partial charge in [0.25, 0.3) is 0 Å². The minimum Gasteiger partial charge on any atom is -0.369 e. The Balaban J connectivity index is 2.11. The van der Waals surface area contributed by atoms with Crippen LogP contribution >= 0.6 is 0 Å². The summed E-state index contributed by atoms with van der Waals surface area (Å²) < 4.78 is 0. The molecule has 1 aliphatic heterocycles. The van der Waals surface area contributed by atoms with Crippen LogP contribution in [0.5, 0.6) is 0 Å². The molecule has 0 spiro atoms. The highest BCUT2D eigenvalue weighted by molar-refractivity contribution is 5.87. The molecule has 1 aromatic carbocycles. The lowest BCUT2D eigenvalue weighted by Gasteiger charge is -2.17. The second-order valence-corrected chi connectivity index (χ2v) is 5.64. The van der Waals surface area contributed by atoms with Crippen LogP contribution in [-0.4, -0.2) is 29.8 Å². The number of benzene rings is 1. The Morgan fingerprint density at radius 2 is 1.70 bits per heavy atom. The largest absolute Gasteiger partial charge is 0.369 e. The SMILES string of the molecule is Cc1ccc(CN2C[C@H](C(N)=O)[C@@H](C(N)=O)C2)c(C)c1. The Morgan fingerprint density at radius 1 is 1.15 bits per heavy atom. The lowest BCUT2D eigenvalue weighted by Crippen LogP contribution is -2.36. The number of hydrogen-bond donors (Lipinski definition) is 2. The number of nitrogens with zero attached hydrogens (tertiary/aromatic N) is 1. The van der Waals surface area contributed by atoms with Crippen LogP contribution in [0.1, 0.15) is 16.7 Å². The molecule has 4 N–H and O–H groups in total. The van der Waals surface area contributed by atoms with Gasteiger partial charge in [0.1, 0.15) is 0 Å². The molecule has 2 rings (SSSR count). The number of likely N-dealkylation sites (tertiary alicyclic amines) is 1. The number of carbonyl (C=O) groups is 2. The number of hydrogen-bond acceptors (Lipinski definition) is 3. The molecule has 0 aliphatic carbocycles. The molecular weight excluding hydrogens is 254 g/mol. The summed E-state index contributed by atoms with van der Waals surface area (Å²) in [5, 5.41) is 0. The van der Waals surface area contributed by atoms with Gasteiger partial charge in [-0.2, -0.15) is 0 Å². The molecule has 5 heteroatoms. The van der Waals surface area contributed by atoms with E-state index in [2.05, 4.69) is 36.9 Å². The van der Waals surface area contributed by atoms with E-state index >= 15 is 0 Å². The Morgan fingerprint density at radius 3 is 2.15 bits per heavy atom. The van der Waals surface area contributed by atoms with Crippen LogP contribution < -0.4 is 11.5 Å². The van der Waals surface area contributed by atoms with E-state index in [1.54, 1.807) is 0 Å². The fourth-order valence-electron chi connectivity index (χ4n) is 2.86. The van der Waals surface area contributed by atoms with Crippen molar-refractivity contribution in [2.24, 2.45) is 23.3 Å². The molecule has 0 saturated carbocycles. The van der Waals surface area contributed by atoms with Crippen LogP contribution in [0.3, 0.4) is 0 Å². The molecule has 0 unspecified atom stereocenters. The molecule has 108 valence electrons. The molecule has 2 atom stereocenters. The number of aryl methyl sites for hydroxylation is 2. The van der Waals surface area contributed by atoms with Crippen LogP contribution in [-0.2, 0) is 16.1 Å². The minimum absolute atomic E-state index is 0.447. The summed E-state index contributed by atoms with van der Waals surface area (Å²) in [4.78, 5) is 24.9. The standard InChI is InChI=1S/C15H21N3O2/c1-9-3-4-11(10(2)5-9)6-18-7-12(14(16)19)13(8-18)15(17)20/h3-5,12-13H,6-8H2,1-2H3,(H2,16,19)(H2,17,20)/t12-,13-/m0/s1. The predicted molar refractivity (Wildman–Crippen MR) is 76.6 cm³/mol. The number of primary amides is 2. The normalized spacial score (nSPS) is 22.9. The first-order valence-corrected chi connectivity index (χ1v) is 6.75. The van der Waals surface area contributed by atoms with E-state index in [1.807, 2.05) is 0 Å². The van der Waals surface area contributed by atoms with E-state index in [4.69, 9.17) is 11.5 Å². The van der Waals surface area contributed by atoms with Crippen LogP contribution in [0, 0.1) is 25.7 Å². The first kappa shape index (κ1) is 14.5. The van der Waals surface area contributed by atoms with Gasteiger partial charge in [-0.3, -0.25) is 14.5 Å². The molecule has 0 bridgehead atoms. The van der Waals surface area contributed by atoms with Gasteiger partial charge >= 0.3 is 0 Å². The molecule has 20 heavy (non-hydrogen) atoms. The highest BCUT2D eigenvalue weighted by atomic mass is 16.2. The van der Waals surface area contributed by atoms with Crippen molar-refractivity contribution in [1.82, 2.24) is 4.90 Å². The zero-order valence-electron chi connectivity index (χ0n) is 11.9. The Labute approximate surface area is 118 Å². The maximum atomic E-state index is 11.4. The van der Waals surface area contributed by atoms with Crippen molar-refractivity contribution in [3.05, 3.63) is 34.9 Å². The van der Waals surface area contributed by atoms with Crippen molar-refractivity contribution in [1.29, 1.82) is 0 Å². The number of amides is 2. The molecule has 1 heterocycles. The summed E-state index contributed by atoms with van der Waals surface area (Å²) in [6.45, 7) is 5.82. The Bertz CT molecular complexity index is 520. The second-order valence-electron chi connectivity index (χ2n) is 5.64. The molecule has 0 aromatic heterocycles. The summed E-state index contributed by atoms with van der Waals surface area (Å²) in [5.41, 5.74) is 14.3. The number of carbonyl (C=O) groups excluding carboxylic acids is 2. The molecule has 5 nitrogen and oxygen atoms in total. The highest BCUT2D eigenvalue weighted by Gasteiger charge is 2.39. The fraction of sp³-hybridized carbons (Fsp3) is 0.467. The van der Waals surface area contributed by atoms with E-state index in [1.165, 1.54) is 16.7 Å². The van der Waals surface area contributed by atoms with Gasteiger partial charge in [-0.1, -0.05) is 23.8 Å². The second kappa shape index (κ2) is 5.63. The van der Waals surface area contributed by atoms with Gasteiger partial charge in [-0.25, -0.2) is 0 Å². The van der Waals surface area contributed by atoms with Gasteiger partial charge in [-0.05, 0) is 25.0 Å². The third-order valence-electron chi connectivity index (χ3n) is 4.02. The van der Waals surface area contributed by atoms with Gasteiger partial charge < -0.3 is 11.5 Å². The van der Waals surface area contributed by atoms with Gasteiger partial charge in [0.15, 0.2) is 0 Å². The van der Waals surface area contributed by atoms with E-state index in [0.29, 0.717) is 19.6 Å². The summed E-state index contributed by atoms with van der Waals surface area (Å²) in [6, 6.07) is 6.28. The molecule has 1 saturated heterocycles. The van der Waals surface area contributed by atoms with Crippen molar-refractivity contribution in [2.45, 2.75) is 20.4 Å². The van der Waals surface area contributed by atoms with E-state index in [-0.39, 0.29) is 0 Å². The lowest BCUT2D eigenvalue weighted by atomic mass is 9.95. The summed E-state index contributed by atoms with van der Waals surface area (Å²) >= 11 is 0. The van der Waals surface area contributed by atoms with Crippen LogP contribution in [0.4, 0.5) is 0 Å². The highest BCUT2D eigenvalue weighted by Crippen LogP contribution is 2.25. The average molecular weight is 275 g/mol. The number of rotatable bonds is 4. The van der Waals surface area contributed by atoms with Crippen LogP contribution in [0.2, 0.25) is 0 Å². The van der Waals surface area contributed by atoms with Crippen molar-refractivity contribution in [3.8, 4) is 0 Å². The molecule has 1 aromatic rings. The van der Waals surface area contributed by atoms with Gasteiger partial charge in [0.2, 0.25) is 11.8 Å². The molecule has 1 fully saturated rings. The van der Waals surface area contributed by atoms with Gasteiger partial charge in [0.05, 0.1) is 11.8 Å². The monoisotopic (exact) mass is 275 g/mol. The summed E-state index contributed by atoms with van der Waals surface area (Å²) in [6.07, 6.45) is 0. The van der Waals surface area contributed by atoms with Crippen molar-refractivity contribution in [3.63, 3.8) is 0 Å². The van der Waals surface area contributed by atoms with Gasteiger partial charge in [-0.15, -0.1) is 0 Å². The average Bonchev–Trinajstić information content (AvgIpc) is 2.77. The van der Waals surface area contributed by atoms with E-state index in [9.17, 15) is 9.59 Å². The molecular formula is C15H21N3O2. The summed E-state index contributed by atoms with van der Waals surface area (Å²) in [5.74, 6) is -1.84. The molecule has 2 amide bonds.